The standard InChI is InChI=1S/C6H15BO4/c1-5(8)3-6(2,9)4-7(10)11/h5,8-11H,3-4H2,1-2H3. The molecule has 5 heteroatoms. The summed E-state index contributed by atoms with van der Waals surface area (Å²) in [5.74, 6) is 0. The highest BCUT2D eigenvalue weighted by Gasteiger charge is 2.27. The van der Waals surface area contributed by atoms with Gasteiger partial charge < -0.3 is 20.3 Å². The van der Waals surface area contributed by atoms with Gasteiger partial charge in [-0.15, -0.1) is 0 Å². The average molecular weight is 162 g/mol. The Labute approximate surface area is 66.6 Å². The van der Waals surface area contributed by atoms with Crippen molar-refractivity contribution in [2.24, 2.45) is 0 Å². The van der Waals surface area contributed by atoms with Crippen LogP contribution in [0.2, 0.25) is 6.32 Å². The zero-order valence-corrected chi connectivity index (χ0v) is 6.86. The molecule has 0 amide bonds. The third-order valence-electron chi connectivity index (χ3n) is 1.36. The van der Waals surface area contributed by atoms with E-state index in [0.29, 0.717) is 0 Å². The first-order chi connectivity index (χ1) is 4.83. The van der Waals surface area contributed by atoms with Gasteiger partial charge in [0.25, 0.3) is 0 Å². The van der Waals surface area contributed by atoms with Crippen LogP contribution in [-0.4, -0.2) is 39.1 Å². The molecule has 0 saturated heterocycles. The first-order valence-corrected chi connectivity index (χ1v) is 3.60. The topological polar surface area (TPSA) is 80.9 Å². The van der Waals surface area contributed by atoms with Gasteiger partial charge >= 0.3 is 7.12 Å². The van der Waals surface area contributed by atoms with E-state index in [2.05, 4.69) is 0 Å². The summed E-state index contributed by atoms with van der Waals surface area (Å²) in [6.07, 6.45) is -0.633. The Morgan fingerprint density at radius 3 is 2.18 bits per heavy atom. The maximum absolute atomic E-state index is 9.38. The van der Waals surface area contributed by atoms with Crippen molar-refractivity contribution in [3.63, 3.8) is 0 Å². The summed E-state index contributed by atoms with van der Waals surface area (Å²) >= 11 is 0. The molecule has 0 fully saturated rings. The van der Waals surface area contributed by atoms with E-state index in [0.717, 1.165) is 0 Å². The summed E-state index contributed by atoms with van der Waals surface area (Å²) in [4.78, 5) is 0. The van der Waals surface area contributed by atoms with Gasteiger partial charge in [0.05, 0.1) is 11.7 Å². The van der Waals surface area contributed by atoms with Gasteiger partial charge in [0.1, 0.15) is 0 Å². The quantitative estimate of drug-likeness (QED) is 0.399. The Morgan fingerprint density at radius 1 is 1.45 bits per heavy atom. The van der Waals surface area contributed by atoms with E-state index < -0.39 is 18.8 Å². The Hall–Kier alpha value is -0.0951. The minimum atomic E-state index is -1.52. The van der Waals surface area contributed by atoms with Crippen molar-refractivity contribution < 1.29 is 20.3 Å². The van der Waals surface area contributed by atoms with Gasteiger partial charge in [-0.25, -0.2) is 0 Å². The number of rotatable bonds is 4. The minimum Gasteiger partial charge on any atom is -0.427 e. The molecule has 0 aliphatic carbocycles. The van der Waals surface area contributed by atoms with Gasteiger partial charge in [-0.1, -0.05) is 0 Å². The highest BCUT2D eigenvalue weighted by molar-refractivity contribution is 6.41. The molecule has 0 aliphatic heterocycles. The molecule has 0 bridgehead atoms. The molecule has 0 spiro atoms. The zero-order valence-electron chi connectivity index (χ0n) is 6.86. The summed E-state index contributed by atoms with van der Waals surface area (Å²) in [7, 11) is -1.52. The lowest BCUT2D eigenvalue weighted by atomic mass is 9.74. The summed E-state index contributed by atoms with van der Waals surface area (Å²) in [6.45, 7) is 3.00. The lowest BCUT2D eigenvalue weighted by Gasteiger charge is -2.23. The second-order valence-corrected chi connectivity index (χ2v) is 3.23. The molecule has 0 aromatic heterocycles. The van der Waals surface area contributed by atoms with Gasteiger partial charge in [-0.3, -0.25) is 0 Å². The number of hydrogen-bond acceptors (Lipinski definition) is 4. The SMILES string of the molecule is CC(O)CC(C)(O)CB(O)O. The highest BCUT2D eigenvalue weighted by Crippen LogP contribution is 2.17. The predicted molar refractivity (Wildman–Crippen MR) is 41.9 cm³/mol. The van der Waals surface area contributed by atoms with E-state index in [1.807, 2.05) is 0 Å². The van der Waals surface area contributed by atoms with E-state index in [1.165, 1.54) is 13.8 Å². The van der Waals surface area contributed by atoms with Crippen LogP contribution in [0.5, 0.6) is 0 Å². The number of hydrogen-bond donors (Lipinski definition) is 4. The van der Waals surface area contributed by atoms with Crippen molar-refractivity contribution in [1.82, 2.24) is 0 Å². The van der Waals surface area contributed by atoms with Crippen molar-refractivity contribution in [3.05, 3.63) is 0 Å². The molecule has 0 rings (SSSR count). The second kappa shape index (κ2) is 4.06. The van der Waals surface area contributed by atoms with E-state index in [1.54, 1.807) is 0 Å². The summed E-state index contributed by atoms with van der Waals surface area (Å²) in [5, 5.41) is 35.3. The van der Waals surface area contributed by atoms with E-state index in [4.69, 9.17) is 15.2 Å². The minimum absolute atomic E-state index is 0.141. The van der Waals surface area contributed by atoms with Crippen LogP contribution in [0.3, 0.4) is 0 Å². The molecule has 11 heavy (non-hydrogen) atoms. The van der Waals surface area contributed by atoms with Crippen molar-refractivity contribution in [2.75, 3.05) is 0 Å². The third kappa shape index (κ3) is 6.31. The average Bonchev–Trinajstić information content (AvgIpc) is 1.53. The molecule has 4 N–H and O–H groups in total. The van der Waals surface area contributed by atoms with Gasteiger partial charge in [0.2, 0.25) is 0 Å². The van der Waals surface area contributed by atoms with Crippen LogP contribution in [0, 0.1) is 0 Å². The lowest BCUT2D eigenvalue weighted by molar-refractivity contribution is 0.0204. The monoisotopic (exact) mass is 162 g/mol. The van der Waals surface area contributed by atoms with Gasteiger partial charge in [-0.05, 0) is 13.8 Å². The molecule has 0 aromatic rings. The fourth-order valence-electron chi connectivity index (χ4n) is 1.11. The molecular formula is C6H15BO4. The molecule has 0 saturated carbocycles. The largest absolute Gasteiger partial charge is 0.454 e. The van der Waals surface area contributed by atoms with Crippen LogP contribution in [0.4, 0.5) is 0 Å². The van der Waals surface area contributed by atoms with Crippen LogP contribution >= 0.6 is 0 Å². The first-order valence-electron chi connectivity index (χ1n) is 3.60. The van der Waals surface area contributed by atoms with E-state index >= 15 is 0 Å². The Kier molecular flexibility index (Phi) is 4.03. The summed E-state index contributed by atoms with van der Waals surface area (Å²) in [6, 6.07) is 0. The summed E-state index contributed by atoms with van der Waals surface area (Å²) < 4.78 is 0. The molecule has 2 atom stereocenters. The van der Waals surface area contributed by atoms with Crippen molar-refractivity contribution in [2.45, 2.75) is 38.3 Å². The van der Waals surface area contributed by atoms with Crippen LogP contribution in [0.1, 0.15) is 20.3 Å². The van der Waals surface area contributed by atoms with Crippen molar-refractivity contribution >= 4 is 7.12 Å². The predicted octanol–water partition coefficient (Wildman–Crippen LogP) is -1.02. The lowest BCUT2D eigenvalue weighted by Crippen LogP contribution is -2.34. The van der Waals surface area contributed by atoms with Crippen molar-refractivity contribution in [1.29, 1.82) is 0 Å². The fourth-order valence-corrected chi connectivity index (χ4v) is 1.11. The molecule has 0 aliphatic rings. The maximum atomic E-state index is 9.38. The van der Waals surface area contributed by atoms with Crippen LogP contribution in [0.15, 0.2) is 0 Å². The Bertz CT molecular complexity index is 101. The van der Waals surface area contributed by atoms with Crippen LogP contribution < -0.4 is 0 Å². The van der Waals surface area contributed by atoms with E-state index in [-0.39, 0.29) is 12.7 Å². The number of aliphatic hydroxyl groups excluding tert-OH is 1. The zero-order chi connectivity index (χ0) is 9.07. The summed E-state index contributed by atoms with van der Waals surface area (Å²) in [5.41, 5.74) is -1.21. The molecule has 66 valence electrons. The number of aliphatic hydroxyl groups is 2. The Morgan fingerprint density at radius 2 is 1.91 bits per heavy atom. The third-order valence-corrected chi connectivity index (χ3v) is 1.36. The molecule has 0 radical (unpaired) electrons. The maximum Gasteiger partial charge on any atom is 0.454 e. The Balaban J connectivity index is 3.79. The second-order valence-electron chi connectivity index (χ2n) is 3.23. The van der Waals surface area contributed by atoms with Gasteiger partial charge in [-0.2, -0.15) is 0 Å². The van der Waals surface area contributed by atoms with Gasteiger partial charge in [0, 0.05) is 12.7 Å². The van der Waals surface area contributed by atoms with Crippen LogP contribution in [0.25, 0.3) is 0 Å². The molecular weight excluding hydrogens is 147 g/mol. The molecule has 4 nitrogen and oxygen atoms in total. The van der Waals surface area contributed by atoms with E-state index in [9.17, 15) is 5.11 Å². The molecule has 2 unspecified atom stereocenters. The van der Waals surface area contributed by atoms with Gasteiger partial charge in [0.15, 0.2) is 0 Å². The first kappa shape index (κ1) is 10.9. The molecule has 0 heterocycles. The fraction of sp³-hybridized carbons (Fsp3) is 1.00. The molecule has 0 aromatic carbocycles. The van der Waals surface area contributed by atoms with Crippen molar-refractivity contribution in [3.8, 4) is 0 Å². The highest BCUT2D eigenvalue weighted by atomic mass is 16.4. The normalized spacial score (nSPS) is 19.1. The van der Waals surface area contributed by atoms with Crippen LogP contribution in [-0.2, 0) is 0 Å². The smallest absolute Gasteiger partial charge is 0.427 e.